The largest absolute Gasteiger partial charge is 0.289 e. The maximum Gasteiger partial charge on any atom is 0.281 e. The van der Waals surface area contributed by atoms with Crippen LogP contribution in [-0.2, 0) is 9.59 Å². The minimum atomic E-state index is -0.131. The van der Waals surface area contributed by atoms with E-state index < -0.39 is 0 Å². The lowest BCUT2D eigenvalue weighted by Gasteiger charge is -2.16. The Morgan fingerprint density at radius 3 is 1.96 bits per heavy atom. The maximum atomic E-state index is 13.1. The van der Waals surface area contributed by atoms with Gasteiger partial charge in [0.2, 0.25) is 0 Å². The molecule has 0 radical (unpaired) electrons. The molecule has 0 N–H and O–H groups in total. The van der Waals surface area contributed by atoms with E-state index in [1.54, 1.807) is 0 Å². The van der Waals surface area contributed by atoms with Gasteiger partial charge in [-0.15, -0.1) is 0 Å². The number of Topliss-reactive ketones (excluding diaryl/α,β-unsaturated/α-hetero) is 1. The van der Waals surface area contributed by atoms with Crippen LogP contribution in [-0.4, -0.2) is 17.4 Å². The van der Waals surface area contributed by atoms with Gasteiger partial charge in [-0.05, 0) is 56.0 Å². The molecular formula is C22H24N2O2. The maximum absolute atomic E-state index is 13.1. The summed E-state index contributed by atoms with van der Waals surface area (Å²) in [6.07, 6.45) is 5.69. The van der Waals surface area contributed by atoms with Crippen LogP contribution < -0.4 is 5.01 Å². The van der Waals surface area contributed by atoms with Gasteiger partial charge in [-0.25, -0.2) is 0 Å². The van der Waals surface area contributed by atoms with Crippen LogP contribution in [0.15, 0.2) is 63.8 Å². The van der Waals surface area contributed by atoms with Crippen molar-refractivity contribution < 1.29 is 9.59 Å². The molecule has 0 saturated carbocycles. The normalized spacial score (nSPS) is 17.5. The molecular weight excluding hydrogens is 324 g/mol. The van der Waals surface area contributed by atoms with Crippen molar-refractivity contribution in [2.75, 3.05) is 5.01 Å². The highest BCUT2D eigenvalue weighted by atomic mass is 16.2. The number of aryl methyl sites for hydroxylation is 1. The van der Waals surface area contributed by atoms with Gasteiger partial charge in [-0.1, -0.05) is 38.5 Å². The summed E-state index contributed by atoms with van der Waals surface area (Å²) in [5.41, 5.74) is 5.58. The monoisotopic (exact) mass is 348 g/mol. The van der Waals surface area contributed by atoms with Gasteiger partial charge in [0, 0.05) is 11.1 Å². The summed E-state index contributed by atoms with van der Waals surface area (Å²) in [5, 5.41) is 6.03. The minimum Gasteiger partial charge on any atom is -0.289 e. The number of carbonyl (C=O) groups is 2. The zero-order chi connectivity index (χ0) is 18.8. The number of nitrogens with zero attached hydrogens (tertiary/aromatic N) is 2. The van der Waals surface area contributed by atoms with Crippen LogP contribution in [0.2, 0.25) is 0 Å². The first kappa shape index (κ1) is 18.1. The van der Waals surface area contributed by atoms with Crippen molar-refractivity contribution in [2.45, 2.75) is 47.0 Å². The van der Waals surface area contributed by atoms with Gasteiger partial charge < -0.3 is 0 Å². The fourth-order valence-electron chi connectivity index (χ4n) is 3.27. The number of amides is 1. The molecule has 1 aromatic carbocycles. The highest BCUT2D eigenvalue weighted by Crippen LogP contribution is 2.31. The zero-order valence-corrected chi connectivity index (χ0v) is 15.8. The van der Waals surface area contributed by atoms with E-state index in [9.17, 15) is 9.59 Å². The number of ketones is 1. The molecule has 0 fully saturated rings. The molecule has 4 nitrogen and oxygen atoms in total. The van der Waals surface area contributed by atoms with E-state index in [0.717, 1.165) is 33.7 Å². The smallest absolute Gasteiger partial charge is 0.281 e. The number of carbonyl (C=O) groups excluding carboxylic acids is 2. The lowest BCUT2D eigenvalue weighted by molar-refractivity contribution is -0.114. The van der Waals surface area contributed by atoms with E-state index >= 15 is 0 Å². The summed E-state index contributed by atoms with van der Waals surface area (Å²) < 4.78 is 0. The van der Waals surface area contributed by atoms with Crippen LogP contribution in [0.25, 0.3) is 0 Å². The topological polar surface area (TPSA) is 49.7 Å². The lowest BCUT2D eigenvalue weighted by Crippen LogP contribution is -2.23. The van der Waals surface area contributed by atoms with E-state index in [1.165, 1.54) is 5.01 Å². The van der Waals surface area contributed by atoms with Gasteiger partial charge >= 0.3 is 0 Å². The van der Waals surface area contributed by atoms with Crippen molar-refractivity contribution in [2.24, 2.45) is 5.10 Å². The van der Waals surface area contributed by atoms with Crippen LogP contribution in [0.1, 0.15) is 45.6 Å². The van der Waals surface area contributed by atoms with Crippen LogP contribution >= 0.6 is 0 Å². The third kappa shape index (κ3) is 3.07. The van der Waals surface area contributed by atoms with Crippen molar-refractivity contribution in [1.29, 1.82) is 0 Å². The first-order chi connectivity index (χ1) is 12.5. The van der Waals surface area contributed by atoms with Gasteiger partial charge in [0.25, 0.3) is 5.91 Å². The SMILES string of the molecule is CCC1=CC(=C2C(=O)N(c3ccc(C)cc3)N=C2CC)C=C(CC)C1=O. The van der Waals surface area contributed by atoms with Gasteiger partial charge in [0.15, 0.2) is 5.78 Å². The number of anilines is 1. The summed E-state index contributed by atoms with van der Waals surface area (Å²) >= 11 is 0. The third-order valence-electron chi connectivity index (χ3n) is 4.82. The third-order valence-corrected chi connectivity index (χ3v) is 4.82. The first-order valence-corrected chi connectivity index (χ1v) is 9.19. The predicted molar refractivity (Wildman–Crippen MR) is 105 cm³/mol. The molecule has 4 heteroatoms. The summed E-state index contributed by atoms with van der Waals surface area (Å²) in [7, 11) is 0. The second kappa shape index (κ2) is 7.24. The Morgan fingerprint density at radius 1 is 0.885 bits per heavy atom. The Labute approximate surface area is 154 Å². The van der Waals surface area contributed by atoms with Gasteiger partial charge in [-0.3, -0.25) is 9.59 Å². The average molecular weight is 348 g/mol. The average Bonchev–Trinajstić information content (AvgIpc) is 2.99. The molecule has 0 spiro atoms. The van der Waals surface area contributed by atoms with Crippen molar-refractivity contribution in [3.63, 3.8) is 0 Å². The highest BCUT2D eigenvalue weighted by Gasteiger charge is 2.33. The summed E-state index contributed by atoms with van der Waals surface area (Å²) in [6.45, 7) is 7.94. The van der Waals surface area contributed by atoms with Crippen LogP contribution in [0.5, 0.6) is 0 Å². The molecule has 0 saturated heterocycles. The standard InChI is InChI=1S/C22H24N2O2/c1-5-15-12-17(13-16(6-2)21(15)25)20-19(7-3)23-24(22(20)26)18-10-8-14(4)9-11-18/h8-13H,5-7H2,1-4H3. The second-order valence-corrected chi connectivity index (χ2v) is 6.56. The van der Waals surface area contributed by atoms with Crippen molar-refractivity contribution >= 4 is 23.1 Å². The molecule has 134 valence electrons. The van der Waals surface area contributed by atoms with Crippen molar-refractivity contribution in [3.8, 4) is 0 Å². The molecule has 26 heavy (non-hydrogen) atoms. The van der Waals surface area contributed by atoms with Crippen molar-refractivity contribution in [3.05, 3.63) is 64.3 Å². The van der Waals surface area contributed by atoms with Crippen LogP contribution in [0, 0.1) is 6.92 Å². The first-order valence-electron chi connectivity index (χ1n) is 9.19. The Hall–Kier alpha value is -2.75. The molecule has 1 heterocycles. The Morgan fingerprint density at radius 2 is 1.46 bits per heavy atom. The number of benzene rings is 1. The van der Waals surface area contributed by atoms with Crippen LogP contribution in [0.4, 0.5) is 5.69 Å². The number of rotatable bonds is 4. The van der Waals surface area contributed by atoms with E-state index in [1.807, 2.05) is 64.1 Å². The van der Waals surface area contributed by atoms with E-state index in [-0.39, 0.29) is 11.7 Å². The molecule has 3 rings (SSSR count). The molecule has 1 aliphatic heterocycles. The quantitative estimate of drug-likeness (QED) is 0.743. The van der Waals surface area contributed by atoms with E-state index in [2.05, 4.69) is 5.10 Å². The second-order valence-electron chi connectivity index (χ2n) is 6.56. The van der Waals surface area contributed by atoms with Gasteiger partial charge in [0.05, 0.1) is 17.0 Å². The predicted octanol–water partition coefficient (Wildman–Crippen LogP) is 4.66. The fraction of sp³-hybridized carbons (Fsp3) is 0.318. The van der Waals surface area contributed by atoms with Crippen molar-refractivity contribution in [1.82, 2.24) is 0 Å². The zero-order valence-electron chi connectivity index (χ0n) is 15.8. The number of hydrazone groups is 1. The Kier molecular flexibility index (Phi) is 5.03. The minimum absolute atomic E-state index is 0.0928. The Bertz CT molecular complexity index is 857. The molecule has 0 unspecified atom stereocenters. The molecule has 1 aliphatic carbocycles. The molecule has 1 aromatic rings. The molecule has 0 atom stereocenters. The number of allylic oxidation sites excluding steroid dienone is 5. The van der Waals surface area contributed by atoms with Crippen LogP contribution in [0.3, 0.4) is 0 Å². The summed E-state index contributed by atoms with van der Waals surface area (Å²) in [4.78, 5) is 25.6. The summed E-state index contributed by atoms with van der Waals surface area (Å²) in [6, 6.07) is 7.75. The van der Waals surface area contributed by atoms with Gasteiger partial charge in [0.1, 0.15) is 0 Å². The van der Waals surface area contributed by atoms with E-state index in [4.69, 9.17) is 0 Å². The lowest BCUT2D eigenvalue weighted by atomic mass is 9.87. The molecule has 0 bridgehead atoms. The van der Waals surface area contributed by atoms with Gasteiger partial charge in [-0.2, -0.15) is 10.1 Å². The number of hydrogen-bond donors (Lipinski definition) is 0. The molecule has 0 aromatic heterocycles. The Balaban J connectivity index is 2.11. The fourth-order valence-corrected chi connectivity index (χ4v) is 3.27. The highest BCUT2D eigenvalue weighted by molar-refractivity contribution is 6.31. The van der Waals surface area contributed by atoms with E-state index in [0.29, 0.717) is 24.8 Å². The number of hydrogen-bond acceptors (Lipinski definition) is 3. The molecule has 2 aliphatic rings. The molecule has 1 amide bonds. The summed E-state index contributed by atoms with van der Waals surface area (Å²) in [5.74, 6) is -0.0383.